The summed E-state index contributed by atoms with van der Waals surface area (Å²) in [6.07, 6.45) is 0.715. The van der Waals surface area contributed by atoms with E-state index in [4.69, 9.17) is 11.6 Å². The number of rotatable bonds is 5. The summed E-state index contributed by atoms with van der Waals surface area (Å²) >= 11 is 5.87. The van der Waals surface area contributed by atoms with Gasteiger partial charge in [0.15, 0.2) is 0 Å². The van der Waals surface area contributed by atoms with E-state index in [9.17, 15) is 9.18 Å². The van der Waals surface area contributed by atoms with Crippen LogP contribution in [0.5, 0.6) is 0 Å². The van der Waals surface area contributed by atoms with Crippen LogP contribution < -0.4 is 5.32 Å². The van der Waals surface area contributed by atoms with Crippen molar-refractivity contribution in [3.05, 3.63) is 81.9 Å². The lowest BCUT2D eigenvalue weighted by Gasteiger charge is -2.07. The van der Waals surface area contributed by atoms with Crippen molar-refractivity contribution in [2.75, 3.05) is 6.54 Å². The van der Waals surface area contributed by atoms with E-state index in [-0.39, 0.29) is 11.7 Å². The van der Waals surface area contributed by atoms with Crippen molar-refractivity contribution in [2.24, 2.45) is 0 Å². The first-order valence-corrected chi connectivity index (χ1v) is 8.68. The molecular weight excluding hydrogens is 353 g/mol. The van der Waals surface area contributed by atoms with Crippen LogP contribution in [0.4, 0.5) is 4.39 Å². The van der Waals surface area contributed by atoms with E-state index in [1.807, 2.05) is 31.2 Å². The van der Waals surface area contributed by atoms with Crippen LogP contribution in [-0.4, -0.2) is 22.2 Å². The minimum Gasteiger partial charge on any atom is -0.352 e. The number of aryl methyl sites for hydroxylation is 1. The lowest BCUT2D eigenvalue weighted by molar-refractivity contribution is 0.0953. The predicted molar refractivity (Wildman–Crippen MR) is 100 cm³/mol. The van der Waals surface area contributed by atoms with E-state index in [1.165, 1.54) is 12.1 Å². The van der Waals surface area contributed by atoms with Gasteiger partial charge in [-0.2, -0.15) is 5.10 Å². The van der Waals surface area contributed by atoms with Gasteiger partial charge in [-0.15, -0.1) is 0 Å². The molecule has 0 radical (unpaired) electrons. The molecule has 1 aromatic heterocycles. The van der Waals surface area contributed by atoms with Crippen LogP contribution in [0, 0.1) is 19.7 Å². The van der Waals surface area contributed by atoms with Crippen molar-refractivity contribution in [3.8, 4) is 5.69 Å². The minimum atomic E-state index is -0.310. The van der Waals surface area contributed by atoms with E-state index in [0.29, 0.717) is 34.9 Å². The van der Waals surface area contributed by atoms with Crippen molar-refractivity contribution in [2.45, 2.75) is 20.3 Å². The van der Waals surface area contributed by atoms with Crippen LogP contribution in [0.2, 0.25) is 5.02 Å². The zero-order chi connectivity index (χ0) is 18.7. The molecule has 2 aromatic carbocycles. The molecule has 0 aliphatic heterocycles. The summed E-state index contributed by atoms with van der Waals surface area (Å²) < 4.78 is 14.8. The summed E-state index contributed by atoms with van der Waals surface area (Å²) in [5, 5.41) is 8.05. The second kappa shape index (κ2) is 7.70. The summed E-state index contributed by atoms with van der Waals surface area (Å²) in [5.74, 6) is -0.474. The number of nitrogens with one attached hydrogen (secondary N) is 1. The third-order valence-electron chi connectivity index (χ3n) is 4.20. The molecule has 0 bridgehead atoms. The lowest BCUT2D eigenvalue weighted by Crippen LogP contribution is -2.26. The van der Waals surface area contributed by atoms with Gasteiger partial charge in [-0.1, -0.05) is 23.7 Å². The first kappa shape index (κ1) is 18.1. The van der Waals surface area contributed by atoms with Gasteiger partial charge in [0.05, 0.1) is 22.6 Å². The number of carbonyl (C=O) groups excluding carboxylic acids is 1. The fraction of sp³-hybridized carbons (Fsp3) is 0.200. The Kier molecular flexibility index (Phi) is 5.38. The predicted octanol–water partition coefficient (Wildman–Crippen LogP) is 4.25. The van der Waals surface area contributed by atoms with Crippen LogP contribution in [0.3, 0.4) is 0 Å². The van der Waals surface area contributed by atoms with Gasteiger partial charge >= 0.3 is 0 Å². The van der Waals surface area contributed by atoms with Crippen LogP contribution in [-0.2, 0) is 6.42 Å². The molecule has 3 aromatic rings. The molecule has 0 saturated carbocycles. The monoisotopic (exact) mass is 371 g/mol. The van der Waals surface area contributed by atoms with Gasteiger partial charge < -0.3 is 5.32 Å². The normalized spacial score (nSPS) is 10.8. The number of halogens is 2. The van der Waals surface area contributed by atoms with Crippen molar-refractivity contribution in [1.29, 1.82) is 0 Å². The number of carbonyl (C=O) groups is 1. The Morgan fingerprint density at radius 1 is 1.12 bits per heavy atom. The quantitative estimate of drug-likeness (QED) is 0.728. The first-order valence-electron chi connectivity index (χ1n) is 8.30. The maximum absolute atomic E-state index is 13.1. The Morgan fingerprint density at radius 2 is 1.77 bits per heavy atom. The van der Waals surface area contributed by atoms with E-state index in [1.54, 1.807) is 23.7 Å². The van der Waals surface area contributed by atoms with Crippen molar-refractivity contribution >= 4 is 17.5 Å². The van der Waals surface area contributed by atoms with Gasteiger partial charge in [0.25, 0.3) is 5.91 Å². The third kappa shape index (κ3) is 3.94. The molecule has 0 unspecified atom stereocenters. The number of nitrogens with zero attached hydrogens (tertiary/aromatic N) is 2. The third-order valence-corrected chi connectivity index (χ3v) is 4.45. The topological polar surface area (TPSA) is 46.9 Å². The average molecular weight is 372 g/mol. The lowest BCUT2D eigenvalue weighted by atomic mass is 10.1. The minimum absolute atomic E-state index is 0.165. The maximum Gasteiger partial charge on any atom is 0.255 e. The number of amides is 1. The van der Waals surface area contributed by atoms with Gasteiger partial charge in [0.1, 0.15) is 5.82 Å². The zero-order valence-electron chi connectivity index (χ0n) is 14.6. The highest BCUT2D eigenvalue weighted by atomic mass is 35.5. The fourth-order valence-corrected chi connectivity index (χ4v) is 2.99. The number of hydrogen-bond acceptors (Lipinski definition) is 2. The van der Waals surface area contributed by atoms with Crippen LogP contribution in [0.25, 0.3) is 5.69 Å². The summed E-state index contributed by atoms with van der Waals surface area (Å²) in [5.41, 5.74) is 3.72. The summed E-state index contributed by atoms with van der Waals surface area (Å²) in [7, 11) is 0. The molecule has 3 rings (SSSR count). The van der Waals surface area contributed by atoms with Gasteiger partial charge in [-0.3, -0.25) is 4.79 Å². The highest BCUT2D eigenvalue weighted by Gasteiger charge is 2.19. The van der Waals surface area contributed by atoms with Gasteiger partial charge in [0, 0.05) is 11.6 Å². The zero-order valence-corrected chi connectivity index (χ0v) is 15.3. The van der Waals surface area contributed by atoms with Crippen molar-refractivity contribution in [1.82, 2.24) is 15.1 Å². The standard InChI is InChI=1S/C20H19ClFN3O/c1-13-19(14(2)25(24-13)18-9-7-17(22)8-10-18)20(26)23-12-11-15-3-5-16(21)6-4-15/h3-10H,11-12H2,1-2H3,(H,23,26). The van der Waals surface area contributed by atoms with E-state index >= 15 is 0 Å². The maximum atomic E-state index is 13.1. The number of benzene rings is 2. The fourth-order valence-electron chi connectivity index (χ4n) is 2.86. The SMILES string of the molecule is Cc1nn(-c2ccc(F)cc2)c(C)c1C(=O)NCCc1ccc(Cl)cc1. The molecule has 0 saturated heterocycles. The van der Waals surface area contributed by atoms with E-state index < -0.39 is 0 Å². The molecule has 0 fully saturated rings. The smallest absolute Gasteiger partial charge is 0.255 e. The molecule has 4 nitrogen and oxygen atoms in total. The van der Waals surface area contributed by atoms with Crippen LogP contribution in [0.1, 0.15) is 27.3 Å². The number of aromatic nitrogens is 2. The Labute approximate surface area is 156 Å². The Balaban J connectivity index is 1.71. The molecule has 26 heavy (non-hydrogen) atoms. The highest BCUT2D eigenvalue weighted by molar-refractivity contribution is 6.30. The molecule has 0 aliphatic rings. The van der Waals surface area contributed by atoms with E-state index in [2.05, 4.69) is 10.4 Å². The largest absolute Gasteiger partial charge is 0.352 e. The molecule has 1 N–H and O–H groups in total. The Bertz CT molecular complexity index is 917. The molecule has 1 amide bonds. The first-order chi connectivity index (χ1) is 12.5. The molecular formula is C20H19ClFN3O. The molecule has 0 spiro atoms. The van der Waals surface area contributed by atoms with Crippen LogP contribution >= 0.6 is 11.6 Å². The van der Waals surface area contributed by atoms with Crippen molar-refractivity contribution in [3.63, 3.8) is 0 Å². The van der Waals surface area contributed by atoms with Gasteiger partial charge in [0.2, 0.25) is 0 Å². The summed E-state index contributed by atoms with van der Waals surface area (Å²) in [4.78, 5) is 12.6. The summed E-state index contributed by atoms with van der Waals surface area (Å²) in [6.45, 7) is 4.14. The average Bonchev–Trinajstić information content (AvgIpc) is 2.92. The van der Waals surface area contributed by atoms with Crippen LogP contribution in [0.15, 0.2) is 48.5 Å². The molecule has 6 heteroatoms. The van der Waals surface area contributed by atoms with Gasteiger partial charge in [-0.25, -0.2) is 9.07 Å². The molecule has 1 heterocycles. The second-order valence-corrected chi connectivity index (χ2v) is 6.50. The summed E-state index contributed by atoms with van der Waals surface area (Å²) in [6, 6.07) is 13.6. The number of hydrogen-bond donors (Lipinski definition) is 1. The van der Waals surface area contributed by atoms with Gasteiger partial charge in [-0.05, 0) is 62.2 Å². The highest BCUT2D eigenvalue weighted by Crippen LogP contribution is 2.18. The molecule has 134 valence electrons. The molecule has 0 atom stereocenters. The Hall–Kier alpha value is -2.66. The Morgan fingerprint density at radius 3 is 2.42 bits per heavy atom. The van der Waals surface area contributed by atoms with E-state index in [0.717, 1.165) is 11.3 Å². The second-order valence-electron chi connectivity index (χ2n) is 6.07. The van der Waals surface area contributed by atoms with Crippen molar-refractivity contribution < 1.29 is 9.18 Å². The molecule has 0 aliphatic carbocycles.